The summed E-state index contributed by atoms with van der Waals surface area (Å²) in [6.45, 7) is 4.60. The van der Waals surface area contributed by atoms with E-state index in [4.69, 9.17) is 25.8 Å². The summed E-state index contributed by atoms with van der Waals surface area (Å²) >= 11 is 5.92. The minimum absolute atomic E-state index is 0.0177. The Morgan fingerprint density at radius 3 is 2.66 bits per heavy atom. The molecule has 1 aromatic heterocycles. The number of aliphatic hydroxyl groups excluding tert-OH is 1. The van der Waals surface area contributed by atoms with Gasteiger partial charge in [-0.3, -0.25) is 9.58 Å². The molecule has 0 bridgehead atoms. The molecule has 1 aliphatic heterocycles. The van der Waals surface area contributed by atoms with E-state index in [1.165, 1.54) is 0 Å². The largest absolute Gasteiger partial charge is 0.493 e. The molecular weight excluding hydrogens is 470 g/mol. The Morgan fingerprint density at radius 2 is 1.94 bits per heavy atom. The fourth-order valence-electron chi connectivity index (χ4n) is 4.19. The number of hydrogen-bond donors (Lipinski definition) is 2. The number of benzene rings is 2. The first-order chi connectivity index (χ1) is 16.8. The molecule has 3 aromatic rings. The van der Waals surface area contributed by atoms with Gasteiger partial charge in [-0.05, 0) is 60.9 Å². The van der Waals surface area contributed by atoms with Crippen LogP contribution in [0.2, 0.25) is 5.02 Å². The molecule has 188 valence electrons. The molecule has 0 saturated carbocycles. The zero-order valence-electron chi connectivity index (χ0n) is 20.1. The number of rotatable bonds is 10. The summed E-state index contributed by atoms with van der Waals surface area (Å²) in [5.74, 6) is 1.91. The first-order valence-corrected chi connectivity index (χ1v) is 12.0. The van der Waals surface area contributed by atoms with Gasteiger partial charge in [-0.15, -0.1) is 0 Å². The maximum Gasteiger partial charge on any atom is 0.161 e. The van der Waals surface area contributed by atoms with Crippen LogP contribution in [-0.4, -0.2) is 70.0 Å². The van der Waals surface area contributed by atoms with Crippen LogP contribution >= 0.6 is 11.6 Å². The molecule has 35 heavy (non-hydrogen) atoms. The van der Waals surface area contributed by atoms with E-state index in [0.29, 0.717) is 54.9 Å². The van der Waals surface area contributed by atoms with Crippen molar-refractivity contribution in [2.75, 3.05) is 33.4 Å². The highest BCUT2D eigenvalue weighted by molar-refractivity contribution is 6.30. The first-order valence-electron chi connectivity index (χ1n) is 11.6. The highest BCUT2D eigenvalue weighted by Crippen LogP contribution is 2.30. The van der Waals surface area contributed by atoms with E-state index in [9.17, 15) is 10.2 Å². The van der Waals surface area contributed by atoms with Gasteiger partial charge in [-0.25, -0.2) is 0 Å². The third-order valence-corrected chi connectivity index (χ3v) is 6.37. The summed E-state index contributed by atoms with van der Waals surface area (Å²) in [5, 5.41) is 26.6. The predicted molar refractivity (Wildman–Crippen MR) is 133 cm³/mol. The number of hydrogen-bond acceptors (Lipinski definition) is 7. The summed E-state index contributed by atoms with van der Waals surface area (Å²) in [6.07, 6.45) is 3.37. The van der Waals surface area contributed by atoms with E-state index in [0.717, 1.165) is 11.1 Å². The Morgan fingerprint density at radius 1 is 1.14 bits per heavy atom. The average Bonchev–Trinajstić information content (AvgIpc) is 3.26. The van der Waals surface area contributed by atoms with Crippen molar-refractivity contribution < 1.29 is 24.4 Å². The van der Waals surface area contributed by atoms with Crippen LogP contribution in [0.15, 0.2) is 54.9 Å². The van der Waals surface area contributed by atoms with E-state index >= 15 is 0 Å². The second-order valence-electron chi connectivity index (χ2n) is 8.98. The zero-order chi connectivity index (χ0) is 24.8. The second-order valence-corrected chi connectivity index (χ2v) is 9.41. The molecule has 1 aliphatic rings. The molecule has 2 aromatic carbocycles. The number of halogens is 1. The van der Waals surface area contributed by atoms with Crippen LogP contribution in [-0.2, 0) is 13.1 Å². The quantitative estimate of drug-likeness (QED) is 0.440. The van der Waals surface area contributed by atoms with Crippen molar-refractivity contribution in [2.45, 2.75) is 38.1 Å². The maximum absolute atomic E-state index is 11.2. The molecule has 0 radical (unpaired) electrons. The average molecular weight is 502 g/mol. The van der Waals surface area contributed by atoms with Gasteiger partial charge in [0.05, 0.1) is 26.0 Å². The summed E-state index contributed by atoms with van der Waals surface area (Å²) in [4.78, 5) is 2.11. The third-order valence-electron chi connectivity index (χ3n) is 6.11. The van der Waals surface area contributed by atoms with Crippen LogP contribution in [0.4, 0.5) is 0 Å². The van der Waals surface area contributed by atoms with Gasteiger partial charge in [0.15, 0.2) is 11.5 Å². The number of aliphatic hydroxyl groups is 2. The van der Waals surface area contributed by atoms with E-state index in [1.54, 1.807) is 31.4 Å². The number of ether oxygens (including phenoxy) is 3. The molecule has 1 fully saturated rings. The lowest BCUT2D eigenvalue weighted by molar-refractivity contribution is -0.140. The van der Waals surface area contributed by atoms with E-state index in [2.05, 4.69) is 10.00 Å². The highest BCUT2D eigenvalue weighted by Gasteiger charge is 2.42. The minimum atomic E-state index is -1.38. The van der Waals surface area contributed by atoms with Crippen molar-refractivity contribution in [1.82, 2.24) is 14.7 Å². The number of methoxy groups -OCH3 is 1. The van der Waals surface area contributed by atoms with Crippen LogP contribution in [0, 0.1) is 6.92 Å². The molecule has 0 amide bonds. The summed E-state index contributed by atoms with van der Waals surface area (Å²) in [7, 11) is 1.62. The highest BCUT2D eigenvalue weighted by atomic mass is 35.5. The molecule has 4 rings (SSSR count). The van der Waals surface area contributed by atoms with Gasteiger partial charge in [-0.1, -0.05) is 17.7 Å². The Bertz CT molecular complexity index is 1110. The van der Waals surface area contributed by atoms with Crippen LogP contribution < -0.4 is 14.2 Å². The normalized spacial score (nSPS) is 20.5. The second kappa shape index (κ2) is 11.3. The van der Waals surface area contributed by atoms with E-state index in [1.807, 2.05) is 42.2 Å². The molecule has 0 aliphatic carbocycles. The number of likely N-dealkylation sites (tertiary alicyclic amines) is 1. The van der Waals surface area contributed by atoms with Crippen molar-refractivity contribution in [3.63, 3.8) is 0 Å². The van der Waals surface area contributed by atoms with Crippen molar-refractivity contribution in [1.29, 1.82) is 0 Å². The van der Waals surface area contributed by atoms with Crippen LogP contribution in [0.25, 0.3) is 0 Å². The number of nitrogens with zero attached hydrogens (tertiary/aromatic N) is 3. The van der Waals surface area contributed by atoms with Crippen LogP contribution in [0.1, 0.15) is 17.5 Å². The monoisotopic (exact) mass is 501 g/mol. The molecule has 2 heterocycles. The summed E-state index contributed by atoms with van der Waals surface area (Å²) in [5.41, 5.74) is 0.744. The first kappa shape index (κ1) is 25.3. The van der Waals surface area contributed by atoms with Gasteiger partial charge in [-0.2, -0.15) is 5.10 Å². The van der Waals surface area contributed by atoms with Gasteiger partial charge in [0.2, 0.25) is 0 Å². The SMILES string of the molecule is COc1ccc(CN2CC[C@H](O)[C@@](O)(COc3ccc(Cl)cc3)C2)cc1OCCn1cc(C)cn1. The Labute approximate surface area is 210 Å². The fourth-order valence-corrected chi connectivity index (χ4v) is 4.32. The van der Waals surface area contributed by atoms with Gasteiger partial charge in [0.25, 0.3) is 0 Å². The number of aryl methyl sites for hydroxylation is 1. The minimum Gasteiger partial charge on any atom is -0.493 e. The van der Waals surface area contributed by atoms with Crippen molar-refractivity contribution in [3.8, 4) is 17.2 Å². The molecular formula is C26H32ClN3O5. The molecule has 9 heteroatoms. The smallest absolute Gasteiger partial charge is 0.161 e. The maximum atomic E-state index is 11.2. The van der Waals surface area contributed by atoms with Crippen molar-refractivity contribution >= 4 is 11.6 Å². The molecule has 8 nitrogen and oxygen atoms in total. The molecule has 0 unspecified atom stereocenters. The molecule has 1 saturated heterocycles. The zero-order valence-corrected chi connectivity index (χ0v) is 20.8. The Kier molecular flexibility index (Phi) is 8.18. The number of aromatic nitrogens is 2. The lowest BCUT2D eigenvalue weighted by Crippen LogP contribution is -2.59. The lowest BCUT2D eigenvalue weighted by Gasteiger charge is -2.42. The van der Waals surface area contributed by atoms with Crippen LogP contribution in [0.3, 0.4) is 0 Å². The van der Waals surface area contributed by atoms with Crippen LogP contribution in [0.5, 0.6) is 17.2 Å². The lowest BCUT2D eigenvalue weighted by atomic mass is 9.90. The molecule has 0 spiro atoms. The number of piperidine rings is 1. The Balaban J connectivity index is 1.37. The van der Waals surface area contributed by atoms with Gasteiger partial charge in [0, 0.05) is 30.9 Å². The van der Waals surface area contributed by atoms with E-state index < -0.39 is 11.7 Å². The van der Waals surface area contributed by atoms with Crippen molar-refractivity contribution in [2.24, 2.45) is 0 Å². The topological polar surface area (TPSA) is 89.2 Å². The Hall–Kier alpha value is -2.78. The summed E-state index contributed by atoms with van der Waals surface area (Å²) in [6, 6.07) is 12.8. The van der Waals surface area contributed by atoms with Gasteiger partial charge in [0.1, 0.15) is 24.6 Å². The van der Waals surface area contributed by atoms with Gasteiger partial charge < -0.3 is 24.4 Å². The summed E-state index contributed by atoms with van der Waals surface area (Å²) < 4.78 is 19.1. The standard InChI is InChI=1S/C26H32ClN3O5/c1-19-14-28-30(15-19)11-12-34-24-13-20(3-8-23(24)33-2)16-29-10-9-25(31)26(32,17-29)18-35-22-6-4-21(27)5-7-22/h3-8,13-15,25,31-32H,9-12,16-18H2,1-2H3/t25-,26-/m0/s1. The third kappa shape index (κ3) is 6.67. The van der Waals surface area contributed by atoms with Gasteiger partial charge >= 0.3 is 0 Å². The fraction of sp³-hybridized carbons (Fsp3) is 0.423. The molecule has 2 N–H and O–H groups in total. The van der Waals surface area contributed by atoms with E-state index in [-0.39, 0.29) is 13.2 Å². The predicted octanol–water partition coefficient (Wildman–Crippen LogP) is 3.31. The molecule has 2 atom stereocenters. The number of β-amino-alcohol motifs (C(OH)–C–C–N with tert-alkyl or cyclic N) is 1. The van der Waals surface area contributed by atoms with Crippen molar-refractivity contribution in [3.05, 3.63) is 71.0 Å².